The highest BCUT2D eigenvalue weighted by atomic mass is 16.6. The third kappa shape index (κ3) is 3.00. The van der Waals surface area contributed by atoms with Crippen LogP contribution in [0.4, 0.5) is 17.1 Å². The summed E-state index contributed by atoms with van der Waals surface area (Å²) in [5.74, 6) is 0. The molecule has 2 rings (SSSR count). The lowest BCUT2D eigenvalue weighted by atomic mass is 10.0. The van der Waals surface area contributed by atoms with E-state index < -0.39 is 4.92 Å². The summed E-state index contributed by atoms with van der Waals surface area (Å²) >= 11 is 0. The van der Waals surface area contributed by atoms with Gasteiger partial charge in [0.2, 0.25) is 0 Å². The molecule has 106 valence electrons. The van der Waals surface area contributed by atoms with Crippen molar-refractivity contribution in [3.63, 3.8) is 0 Å². The molecule has 0 atom stereocenters. The van der Waals surface area contributed by atoms with Crippen molar-refractivity contribution in [2.24, 2.45) is 0 Å². The molecule has 0 aliphatic carbocycles. The van der Waals surface area contributed by atoms with E-state index in [9.17, 15) is 15.4 Å². The lowest BCUT2D eigenvalue weighted by Gasteiger charge is -2.14. The molecule has 0 fully saturated rings. The van der Waals surface area contributed by atoms with E-state index in [0.29, 0.717) is 5.69 Å². The Morgan fingerprint density at radius 3 is 2.29 bits per heavy atom. The standard InChI is InChI=1S/C16H15N3O2/c1-10-6-11(2)16(12(3)7-10)18-15-5-4-14(19(20)21)8-13(15)9-17/h4-8,18H,1-3H3. The zero-order valence-corrected chi connectivity index (χ0v) is 12.1. The Bertz CT molecular complexity index is 738. The van der Waals surface area contributed by atoms with Crippen LogP contribution >= 0.6 is 0 Å². The topological polar surface area (TPSA) is 79.0 Å². The molecule has 0 heterocycles. The highest BCUT2D eigenvalue weighted by Crippen LogP contribution is 2.29. The van der Waals surface area contributed by atoms with Crippen LogP contribution in [-0.4, -0.2) is 4.92 Å². The molecule has 1 N–H and O–H groups in total. The molecule has 0 aliphatic heterocycles. The summed E-state index contributed by atoms with van der Waals surface area (Å²) in [5.41, 5.74) is 4.95. The van der Waals surface area contributed by atoms with Gasteiger partial charge < -0.3 is 5.32 Å². The minimum atomic E-state index is -0.507. The average molecular weight is 281 g/mol. The summed E-state index contributed by atoms with van der Waals surface area (Å²) in [4.78, 5) is 10.3. The fourth-order valence-corrected chi connectivity index (χ4v) is 2.36. The largest absolute Gasteiger partial charge is 0.354 e. The van der Waals surface area contributed by atoms with Crippen molar-refractivity contribution < 1.29 is 4.92 Å². The maximum absolute atomic E-state index is 10.8. The van der Waals surface area contributed by atoms with Gasteiger partial charge in [-0.25, -0.2) is 0 Å². The summed E-state index contributed by atoms with van der Waals surface area (Å²) in [5, 5.41) is 23.1. The quantitative estimate of drug-likeness (QED) is 0.677. The van der Waals surface area contributed by atoms with Gasteiger partial charge in [-0.2, -0.15) is 5.26 Å². The van der Waals surface area contributed by atoms with Gasteiger partial charge in [0, 0.05) is 17.8 Å². The van der Waals surface area contributed by atoms with Crippen LogP contribution in [0.15, 0.2) is 30.3 Å². The number of nitriles is 1. The number of benzene rings is 2. The average Bonchev–Trinajstić information content (AvgIpc) is 2.42. The normalized spacial score (nSPS) is 10.0. The van der Waals surface area contributed by atoms with E-state index in [1.54, 1.807) is 6.07 Å². The molecular weight excluding hydrogens is 266 g/mol. The van der Waals surface area contributed by atoms with Gasteiger partial charge >= 0.3 is 0 Å². The smallest absolute Gasteiger partial charge is 0.270 e. The third-order valence-corrected chi connectivity index (χ3v) is 3.27. The number of non-ortho nitro benzene ring substituents is 1. The first kappa shape index (κ1) is 14.5. The Morgan fingerprint density at radius 1 is 1.14 bits per heavy atom. The summed E-state index contributed by atoms with van der Waals surface area (Å²) in [7, 11) is 0. The number of nitrogens with zero attached hydrogens (tertiary/aromatic N) is 2. The lowest BCUT2D eigenvalue weighted by molar-refractivity contribution is -0.384. The monoisotopic (exact) mass is 281 g/mol. The van der Waals surface area contributed by atoms with Gasteiger partial charge in [0.1, 0.15) is 6.07 Å². The molecule has 0 aliphatic rings. The van der Waals surface area contributed by atoms with Gasteiger partial charge in [-0.3, -0.25) is 10.1 Å². The Labute approximate surface area is 123 Å². The summed E-state index contributed by atoms with van der Waals surface area (Å²) in [6, 6.07) is 10.3. The highest BCUT2D eigenvalue weighted by Gasteiger charge is 2.12. The molecule has 0 saturated heterocycles. The highest BCUT2D eigenvalue weighted by molar-refractivity contribution is 5.72. The van der Waals surface area contributed by atoms with Crippen molar-refractivity contribution in [3.8, 4) is 6.07 Å². The number of nitro benzene ring substituents is 1. The minimum Gasteiger partial charge on any atom is -0.354 e. The molecule has 0 saturated carbocycles. The van der Waals surface area contributed by atoms with E-state index in [2.05, 4.69) is 5.32 Å². The van der Waals surface area contributed by atoms with Crippen molar-refractivity contribution >= 4 is 17.1 Å². The fraction of sp³-hybridized carbons (Fsp3) is 0.188. The summed E-state index contributed by atoms with van der Waals surface area (Å²) < 4.78 is 0. The van der Waals surface area contributed by atoms with Gasteiger partial charge in [-0.1, -0.05) is 17.7 Å². The molecule has 21 heavy (non-hydrogen) atoms. The molecule has 2 aromatic rings. The number of nitro groups is 1. The van der Waals surface area contributed by atoms with Crippen LogP contribution in [0.3, 0.4) is 0 Å². The van der Waals surface area contributed by atoms with Crippen LogP contribution in [0.1, 0.15) is 22.3 Å². The first-order valence-electron chi connectivity index (χ1n) is 6.46. The number of aryl methyl sites for hydroxylation is 3. The molecule has 2 aromatic carbocycles. The van der Waals surface area contributed by atoms with Crippen LogP contribution in [0.2, 0.25) is 0 Å². The van der Waals surface area contributed by atoms with E-state index in [1.165, 1.54) is 17.7 Å². The predicted molar refractivity (Wildman–Crippen MR) is 81.7 cm³/mol. The Balaban J connectivity index is 2.46. The molecular formula is C16H15N3O2. The molecule has 0 bridgehead atoms. The molecule has 0 radical (unpaired) electrons. The SMILES string of the molecule is Cc1cc(C)c(Nc2ccc([N+](=O)[O-])cc2C#N)c(C)c1. The van der Waals surface area contributed by atoms with E-state index in [0.717, 1.165) is 16.8 Å². The van der Waals surface area contributed by atoms with Gasteiger partial charge in [0.25, 0.3) is 5.69 Å². The maximum atomic E-state index is 10.8. The van der Waals surface area contributed by atoms with E-state index in [4.69, 9.17) is 0 Å². The molecule has 5 heteroatoms. The lowest BCUT2D eigenvalue weighted by Crippen LogP contribution is -2.00. The van der Waals surface area contributed by atoms with Crippen molar-refractivity contribution in [3.05, 3.63) is 62.7 Å². The van der Waals surface area contributed by atoms with Gasteiger partial charge in [0.05, 0.1) is 16.2 Å². The maximum Gasteiger partial charge on any atom is 0.270 e. The Hall–Kier alpha value is -2.87. The van der Waals surface area contributed by atoms with Gasteiger partial charge in [-0.15, -0.1) is 0 Å². The van der Waals surface area contributed by atoms with Crippen LogP contribution in [0.25, 0.3) is 0 Å². The van der Waals surface area contributed by atoms with Gasteiger partial charge in [-0.05, 0) is 38.0 Å². The number of nitrogens with one attached hydrogen (secondary N) is 1. The van der Waals surface area contributed by atoms with Crippen LogP contribution < -0.4 is 5.32 Å². The van der Waals surface area contributed by atoms with Crippen LogP contribution in [0.5, 0.6) is 0 Å². The fourth-order valence-electron chi connectivity index (χ4n) is 2.36. The number of hydrogen-bond acceptors (Lipinski definition) is 4. The summed E-state index contributed by atoms with van der Waals surface area (Å²) in [6.45, 7) is 6.00. The van der Waals surface area contributed by atoms with Crippen LogP contribution in [-0.2, 0) is 0 Å². The van der Waals surface area contributed by atoms with Crippen molar-refractivity contribution in [1.82, 2.24) is 0 Å². The van der Waals surface area contributed by atoms with E-state index in [1.807, 2.05) is 39.0 Å². The number of hydrogen-bond donors (Lipinski definition) is 1. The second-order valence-corrected chi connectivity index (χ2v) is 5.00. The Morgan fingerprint density at radius 2 is 1.76 bits per heavy atom. The van der Waals surface area contributed by atoms with Crippen LogP contribution in [0, 0.1) is 42.2 Å². The number of rotatable bonds is 3. The Kier molecular flexibility index (Phi) is 3.90. The van der Waals surface area contributed by atoms with E-state index >= 15 is 0 Å². The minimum absolute atomic E-state index is 0.0885. The molecule has 5 nitrogen and oxygen atoms in total. The zero-order valence-electron chi connectivity index (χ0n) is 12.1. The molecule has 0 aromatic heterocycles. The van der Waals surface area contributed by atoms with Gasteiger partial charge in [0.15, 0.2) is 0 Å². The zero-order chi connectivity index (χ0) is 15.6. The second-order valence-electron chi connectivity index (χ2n) is 5.00. The first-order valence-corrected chi connectivity index (χ1v) is 6.46. The predicted octanol–water partition coefficient (Wildman–Crippen LogP) is 4.14. The van der Waals surface area contributed by atoms with Crippen molar-refractivity contribution in [2.75, 3.05) is 5.32 Å². The summed E-state index contributed by atoms with van der Waals surface area (Å²) in [6.07, 6.45) is 0. The van der Waals surface area contributed by atoms with Crippen molar-refractivity contribution in [1.29, 1.82) is 5.26 Å². The van der Waals surface area contributed by atoms with E-state index in [-0.39, 0.29) is 11.3 Å². The van der Waals surface area contributed by atoms with Crippen molar-refractivity contribution in [2.45, 2.75) is 20.8 Å². The second kappa shape index (κ2) is 5.63. The molecule has 0 spiro atoms. The first-order chi connectivity index (χ1) is 9.92. The number of anilines is 2. The third-order valence-electron chi connectivity index (χ3n) is 3.27. The molecule has 0 amide bonds. The molecule has 0 unspecified atom stereocenters.